The second-order valence-corrected chi connectivity index (χ2v) is 18.8. The number of nitrogens with zero attached hydrogens (tertiary/aromatic N) is 8. The van der Waals surface area contributed by atoms with Crippen LogP contribution in [-0.4, -0.2) is 89.3 Å². The number of nitrogens with two attached hydrogens (primary N) is 1. The van der Waals surface area contributed by atoms with E-state index in [1.54, 1.807) is 50.7 Å². The van der Waals surface area contributed by atoms with Gasteiger partial charge in [-0.25, -0.2) is 24.7 Å². The molecule has 13 nitrogen and oxygen atoms in total. The zero-order chi connectivity index (χ0) is 42.0. The van der Waals surface area contributed by atoms with Crippen molar-refractivity contribution in [1.82, 2.24) is 19.9 Å². The number of carbonyl (C=O) groups is 2. The summed E-state index contributed by atoms with van der Waals surface area (Å²) < 4.78 is 0. The lowest BCUT2D eigenvalue weighted by atomic mass is 10.2. The lowest BCUT2D eigenvalue weighted by Gasteiger charge is -2.36. The minimum absolute atomic E-state index is 0.119. The molecule has 8 heterocycles. The number of aromatic nitrogens is 4. The Morgan fingerprint density at radius 1 is 0.557 bits per heavy atom. The third kappa shape index (κ3) is 10.6. The second kappa shape index (κ2) is 20.2. The van der Waals surface area contributed by atoms with Gasteiger partial charge in [0.15, 0.2) is 16.0 Å². The lowest BCUT2D eigenvalue weighted by Crippen LogP contribution is -2.46. The summed E-state index contributed by atoms with van der Waals surface area (Å²) in [4.78, 5) is 52.0. The molecule has 2 saturated heterocycles. The van der Waals surface area contributed by atoms with Crippen molar-refractivity contribution < 1.29 is 14.7 Å². The first kappa shape index (κ1) is 42.0. The summed E-state index contributed by atoms with van der Waals surface area (Å²) in [6.45, 7) is 7.57. The fraction of sp³-hybridized carbons (Fsp3) is 0.190. The lowest BCUT2D eigenvalue weighted by molar-refractivity contribution is 0.0691. The second-order valence-electron chi connectivity index (χ2n) is 13.4. The Morgan fingerprint density at radius 2 is 1.05 bits per heavy atom. The highest BCUT2D eigenvalue weighted by atomic mass is 32.1. The van der Waals surface area contributed by atoms with Crippen LogP contribution in [0, 0.1) is 0 Å². The van der Waals surface area contributed by atoms with Gasteiger partial charge in [0.1, 0.15) is 15.7 Å². The fourth-order valence-electron chi connectivity index (χ4n) is 6.62. The van der Waals surface area contributed by atoms with Crippen molar-refractivity contribution in [2.75, 3.05) is 83.0 Å². The highest BCUT2D eigenvalue weighted by molar-refractivity contribution is 7.20. The molecule has 312 valence electrons. The van der Waals surface area contributed by atoms with Crippen LogP contribution in [0.3, 0.4) is 0 Å². The Balaban J connectivity index is 0.000000140. The number of hydrogen-bond donors (Lipinski definition) is 3. The van der Waals surface area contributed by atoms with E-state index in [-0.39, 0.29) is 11.6 Å². The van der Waals surface area contributed by atoms with Crippen molar-refractivity contribution in [1.29, 1.82) is 0 Å². The van der Waals surface area contributed by atoms with Gasteiger partial charge in [-0.3, -0.25) is 4.79 Å². The highest BCUT2D eigenvalue weighted by Gasteiger charge is 2.23. The number of para-hydroxylation sites is 4. The molecule has 0 aliphatic carbocycles. The number of nitrogen functional groups attached to an aromatic ring is 1. The number of benzene rings is 2. The molecule has 0 bridgehead atoms. The molecule has 2 aliphatic heterocycles. The number of carbonyl (C=O) groups excluding carboxylic acids is 1. The van der Waals surface area contributed by atoms with Gasteiger partial charge >= 0.3 is 5.97 Å². The number of piperazine rings is 2. The number of amides is 1. The standard InChI is InChI=1S/C21H19N5OS3.C13H16N4S.C8H5NO2S2/c27-19(16-14-30-20(24-16)18-6-3-12-28-18)23-15-4-1-2-5-17(15)25-8-10-26(11-9-25)21-22-7-13-29-21;14-11-3-1-2-4-12(11)16-6-8-17(9-7-16)13-15-5-10-18-13;10-8(11)5-4-13-7(9-5)6-2-1-3-12-6/h1-7,12-14H,8-11H2,(H,23,27);1-5,10H,6-9,14H2;1-4H,(H,10,11). The topological polar surface area (TPSA) is 157 Å². The maximum Gasteiger partial charge on any atom is 0.355 e. The number of anilines is 6. The zero-order valence-corrected chi connectivity index (χ0v) is 37.5. The minimum Gasteiger partial charge on any atom is -0.476 e. The van der Waals surface area contributed by atoms with Crippen molar-refractivity contribution in [2.24, 2.45) is 0 Å². The van der Waals surface area contributed by atoms with Crippen molar-refractivity contribution in [3.8, 4) is 19.8 Å². The molecule has 0 atom stereocenters. The molecule has 2 aromatic carbocycles. The first-order valence-electron chi connectivity index (χ1n) is 19.2. The molecular formula is C42H40N10O3S6. The normalized spacial score (nSPS) is 13.8. The first-order valence-corrected chi connectivity index (χ1v) is 24.4. The Kier molecular flexibility index (Phi) is 13.9. The predicted octanol–water partition coefficient (Wildman–Crippen LogP) is 9.53. The number of thiazole rings is 4. The largest absolute Gasteiger partial charge is 0.476 e. The quantitative estimate of drug-likeness (QED) is 0.118. The van der Waals surface area contributed by atoms with E-state index >= 15 is 0 Å². The van der Waals surface area contributed by atoms with Crippen molar-refractivity contribution in [3.63, 3.8) is 0 Å². The van der Waals surface area contributed by atoms with Gasteiger partial charge in [0.05, 0.1) is 32.5 Å². The van der Waals surface area contributed by atoms with Gasteiger partial charge in [-0.1, -0.05) is 36.4 Å². The van der Waals surface area contributed by atoms with Crippen LogP contribution in [0.15, 0.2) is 117 Å². The van der Waals surface area contributed by atoms with E-state index in [9.17, 15) is 9.59 Å². The third-order valence-electron chi connectivity index (χ3n) is 9.63. The summed E-state index contributed by atoms with van der Waals surface area (Å²) in [6.07, 6.45) is 3.71. The number of carboxylic acids is 1. The Labute approximate surface area is 376 Å². The summed E-state index contributed by atoms with van der Waals surface area (Å²) in [5, 5.41) is 26.9. The van der Waals surface area contributed by atoms with E-state index in [4.69, 9.17) is 10.8 Å². The zero-order valence-electron chi connectivity index (χ0n) is 32.6. The molecule has 2 fully saturated rings. The average Bonchev–Trinajstić information content (AvgIpc) is 4.15. The molecule has 61 heavy (non-hydrogen) atoms. The number of rotatable bonds is 9. The molecule has 0 spiro atoms. The molecule has 19 heteroatoms. The molecule has 1 amide bonds. The molecule has 0 saturated carbocycles. The van der Waals surface area contributed by atoms with Gasteiger partial charge in [0, 0.05) is 86.3 Å². The van der Waals surface area contributed by atoms with Crippen molar-refractivity contribution in [3.05, 3.63) is 129 Å². The number of nitrogens with one attached hydrogen (secondary N) is 1. The average molecular weight is 925 g/mol. The Morgan fingerprint density at radius 3 is 1.54 bits per heavy atom. The van der Waals surface area contributed by atoms with E-state index in [1.165, 1.54) is 22.7 Å². The third-order valence-corrected chi connectivity index (χ3v) is 15.1. The van der Waals surface area contributed by atoms with Crippen LogP contribution in [-0.2, 0) is 0 Å². The Hall–Kier alpha value is -5.70. The van der Waals surface area contributed by atoms with Gasteiger partial charge in [0.2, 0.25) is 0 Å². The maximum absolute atomic E-state index is 12.8. The summed E-state index contributed by atoms with van der Waals surface area (Å²) in [6, 6.07) is 23.9. The van der Waals surface area contributed by atoms with Gasteiger partial charge < -0.3 is 35.8 Å². The van der Waals surface area contributed by atoms with Crippen LogP contribution in [0.4, 0.5) is 33.0 Å². The van der Waals surface area contributed by atoms with E-state index in [0.717, 1.165) is 105 Å². The van der Waals surface area contributed by atoms with E-state index in [2.05, 4.69) is 57.0 Å². The van der Waals surface area contributed by atoms with E-state index in [0.29, 0.717) is 5.69 Å². The van der Waals surface area contributed by atoms with E-state index < -0.39 is 5.97 Å². The number of thiophene rings is 2. The first-order chi connectivity index (χ1) is 29.9. The van der Waals surface area contributed by atoms with Crippen LogP contribution in [0.2, 0.25) is 0 Å². The molecular weight excluding hydrogens is 885 g/mol. The number of carboxylic acid groups (broad SMARTS) is 1. The van der Waals surface area contributed by atoms with Gasteiger partial charge in [-0.05, 0) is 47.2 Å². The van der Waals surface area contributed by atoms with Crippen LogP contribution in [0.5, 0.6) is 0 Å². The van der Waals surface area contributed by atoms with Crippen molar-refractivity contribution >= 4 is 113 Å². The molecule has 8 aromatic rings. The molecule has 6 aromatic heterocycles. The Bertz CT molecular complexity index is 2580. The summed E-state index contributed by atoms with van der Waals surface area (Å²) in [7, 11) is 0. The van der Waals surface area contributed by atoms with Gasteiger partial charge in [-0.2, -0.15) is 0 Å². The minimum atomic E-state index is -0.973. The summed E-state index contributed by atoms with van der Waals surface area (Å²) in [5.41, 5.74) is 10.5. The number of aromatic carboxylic acids is 1. The predicted molar refractivity (Wildman–Crippen MR) is 256 cm³/mol. The molecule has 10 rings (SSSR count). The van der Waals surface area contributed by atoms with Crippen LogP contribution in [0.1, 0.15) is 21.0 Å². The number of hydrogen-bond acceptors (Lipinski definition) is 17. The fourth-order valence-corrected chi connectivity index (χ4v) is 11.2. The van der Waals surface area contributed by atoms with Gasteiger partial charge in [0.25, 0.3) is 5.91 Å². The maximum atomic E-state index is 12.8. The van der Waals surface area contributed by atoms with E-state index in [1.807, 2.05) is 100.0 Å². The SMILES string of the molecule is Nc1ccccc1N1CCN(c2nccs2)CC1.O=C(Nc1ccccc1N1CCN(c2nccs2)CC1)c1csc(-c2cccs2)n1.O=C(O)c1csc(-c2cccs2)n1. The molecule has 2 aliphatic rings. The van der Waals surface area contributed by atoms with Crippen LogP contribution >= 0.6 is 68.0 Å². The van der Waals surface area contributed by atoms with Gasteiger partial charge in [-0.15, -0.1) is 68.0 Å². The smallest absolute Gasteiger partial charge is 0.355 e. The monoisotopic (exact) mass is 924 g/mol. The molecule has 0 radical (unpaired) electrons. The summed E-state index contributed by atoms with van der Waals surface area (Å²) >= 11 is 9.40. The van der Waals surface area contributed by atoms with Crippen LogP contribution in [0.25, 0.3) is 19.8 Å². The molecule has 0 unspecified atom stereocenters. The summed E-state index contributed by atoms with van der Waals surface area (Å²) in [5.74, 6) is -1.15. The highest BCUT2D eigenvalue weighted by Crippen LogP contribution is 2.32. The van der Waals surface area contributed by atoms with Crippen molar-refractivity contribution in [2.45, 2.75) is 0 Å². The van der Waals surface area contributed by atoms with Crippen LogP contribution < -0.4 is 30.7 Å². The molecule has 4 N–H and O–H groups in total.